The minimum Gasteiger partial charge on any atom is -0.491 e. The summed E-state index contributed by atoms with van der Waals surface area (Å²) >= 11 is 0. The van der Waals surface area contributed by atoms with Gasteiger partial charge in [0.2, 0.25) is 11.8 Å². The van der Waals surface area contributed by atoms with E-state index in [0.717, 1.165) is 12.8 Å². The molecule has 7 nitrogen and oxygen atoms in total. The van der Waals surface area contributed by atoms with E-state index in [2.05, 4.69) is 0 Å². The van der Waals surface area contributed by atoms with Gasteiger partial charge in [-0.1, -0.05) is 0 Å². The molecule has 2 aliphatic rings. The minimum absolute atomic E-state index is 0.0280. The minimum atomic E-state index is -0.315. The predicted molar refractivity (Wildman–Crippen MR) is 96.6 cm³/mol. The third kappa shape index (κ3) is 5.17. The lowest BCUT2D eigenvalue weighted by Crippen LogP contribution is -2.55. The quantitative estimate of drug-likeness (QED) is 0.789. The van der Waals surface area contributed by atoms with Gasteiger partial charge in [-0.15, -0.1) is 0 Å². The van der Waals surface area contributed by atoms with Crippen molar-refractivity contribution in [2.75, 3.05) is 39.4 Å². The Balaban J connectivity index is 1.49. The van der Waals surface area contributed by atoms with Crippen LogP contribution in [-0.2, 0) is 14.3 Å². The molecule has 1 unspecified atom stereocenters. The fourth-order valence-corrected chi connectivity index (χ4v) is 3.53. The number of rotatable bonds is 6. The second kappa shape index (κ2) is 9.14. The van der Waals surface area contributed by atoms with Crippen LogP contribution in [0.5, 0.6) is 5.75 Å². The fraction of sp³-hybridized carbons (Fsp3) is 0.579. The van der Waals surface area contributed by atoms with E-state index in [1.165, 1.54) is 12.1 Å². The Morgan fingerprint density at radius 3 is 2.63 bits per heavy atom. The number of hydrogen-bond acceptors (Lipinski definition) is 5. The molecule has 0 bridgehead atoms. The first-order valence-corrected chi connectivity index (χ1v) is 9.34. The Kier molecular flexibility index (Phi) is 6.63. The lowest BCUT2D eigenvalue weighted by Gasteiger charge is -2.42. The molecule has 0 aromatic heterocycles. The number of carbonyl (C=O) groups excluding carboxylic acids is 2. The summed E-state index contributed by atoms with van der Waals surface area (Å²) in [5, 5.41) is 0. The van der Waals surface area contributed by atoms with Crippen LogP contribution in [-0.4, -0.2) is 73.2 Å². The van der Waals surface area contributed by atoms with Gasteiger partial charge < -0.3 is 25.0 Å². The highest BCUT2D eigenvalue weighted by Gasteiger charge is 2.34. The molecule has 2 N–H and O–H groups in total. The average Bonchev–Trinajstić information content (AvgIpc) is 2.69. The molecule has 3 rings (SSSR count). The van der Waals surface area contributed by atoms with E-state index >= 15 is 0 Å². The molecular formula is C19H26FN3O4. The van der Waals surface area contributed by atoms with Crippen molar-refractivity contribution in [2.45, 2.75) is 31.4 Å². The molecule has 2 saturated heterocycles. The largest absolute Gasteiger partial charge is 0.491 e. The van der Waals surface area contributed by atoms with Gasteiger partial charge in [-0.2, -0.15) is 0 Å². The van der Waals surface area contributed by atoms with Crippen LogP contribution < -0.4 is 10.5 Å². The Morgan fingerprint density at radius 2 is 1.96 bits per heavy atom. The van der Waals surface area contributed by atoms with Crippen LogP contribution in [0, 0.1) is 5.82 Å². The molecule has 2 heterocycles. The number of benzene rings is 1. The maximum atomic E-state index is 12.9. The Hall–Kier alpha value is -2.19. The maximum absolute atomic E-state index is 12.9. The Bertz CT molecular complexity index is 647. The Morgan fingerprint density at radius 1 is 1.26 bits per heavy atom. The molecule has 27 heavy (non-hydrogen) atoms. The van der Waals surface area contributed by atoms with Crippen LogP contribution in [0.2, 0.25) is 0 Å². The molecule has 2 fully saturated rings. The van der Waals surface area contributed by atoms with E-state index in [4.69, 9.17) is 15.2 Å². The van der Waals surface area contributed by atoms with Gasteiger partial charge in [-0.05, 0) is 37.1 Å². The molecule has 1 atom stereocenters. The summed E-state index contributed by atoms with van der Waals surface area (Å²) in [6, 6.07) is 5.92. The van der Waals surface area contributed by atoms with Gasteiger partial charge >= 0.3 is 0 Å². The third-order valence-electron chi connectivity index (χ3n) is 5.03. The highest BCUT2D eigenvalue weighted by atomic mass is 19.1. The molecule has 2 amide bonds. The van der Waals surface area contributed by atoms with Gasteiger partial charge in [-0.3, -0.25) is 9.59 Å². The number of carbonyl (C=O) groups is 2. The number of nitrogens with two attached hydrogens (primary N) is 1. The average molecular weight is 379 g/mol. The van der Waals surface area contributed by atoms with Crippen molar-refractivity contribution in [1.29, 1.82) is 0 Å². The van der Waals surface area contributed by atoms with Crippen molar-refractivity contribution in [2.24, 2.45) is 5.73 Å². The van der Waals surface area contributed by atoms with Crippen LogP contribution >= 0.6 is 0 Å². The zero-order valence-corrected chi connectivity index (χ0v) is 15.3. The van der Waals surface area contributed by atoms with Crippen molar-refractivity contribution < 1.29 is 23.5 Å². The maximum Gasteiger partial charge on any atom is 0.248 e. The fourth-order valence-electron chi connectivity index (χ4n) is 3.53. The van der Waals surface area contributed by atoms with Crippen LogP contribution in [0.15, 0.2) is 24.3 Å². The lowest BCUT2D eigenvalue weighted by atomic mass is 10.0. The van der Waals surface area contributed by atoms with Crippen molar-refractivity contribution in [1.82, 2.24) is 9.80 Å². The molecule has 0 aliphatic carbocycles. The summed E-state index contributed by atoms with van der Waals surface area (Å²) in [6.07, 6.45) is 1.65. The first kappa shape index (κ1) is 19.6. The SMILES string of the molecule is NCCC(=O)N1CCC(N2CC(COc3ccc(F)cc3)OCC2=O)CC1. The van der Waals surface area contributed by atoms with Gasteiger partial charge in [-0.25, -0.2) is 4.39 Å². The molecular weight excluding hydrogens is 353 g/mol. The lowest BCUT2D eigenvalue weighted by molar-refractivity contribution is -0.155. The molecule has 1 aromatic rings. The summed E-state index contributed by atoms with van der Waals surface area (Å²) in [7, 11) is 0. The second-order valence-electron chi connectivity index (χ2n) is 6.89. The zero-order valence-electron chi connectivity index (χ0n) is 15.3. The molecule has 8 heteroatoms. The second-order valence-corrected chi connectivity index (χ2v) is 6.89. The van der Waals surface area contributed by atoms with Crippen LogP contribution in [0.1, 0.15) is 19.3 Å². The summed E-state index contributed by atoms with van der Waals surface area (Å²) in [4.78, 5) is 27.9. The van der Waals surface area contributed by atoms with Crippen molar-refractivity contribution >= 4 is 11.8 Å². The zero-order chi connectivity index (χ0) is 19.2. The smallest absolute Gasteiger partial charge is 0.248 e. The summed E-state index contributed by atoms with van der Waals surface area (Å²) in [5.74, 6) is 0.300. The van der Waals surface area contributed by atoms with Gasteiger partial charge in [0, 0.05) is 32.1 Å². The van der Waals surface area contributed by atoms with Crippen LogP contribution in [0.3, 0.4) is 0 Å². The van der Waals surface area contributed by atoms with Crippen molar-refractivity contribution in [3.05, 3.63) is 30.1 Å². The normalized spacial score (nSPS) is 21.4. The topological polar surface area (TPSA) is 85.1 Å². The molecule has 2 aliphatic heterocycles. The van der Waals surface area contributed by atoms with E-state index < -0.39 is 0 Å². The standard InChI is InChI=1S/C19H26FN3O4/c20-14-1-3-16(4-2-14)26-12-17-11-23(19(25)13-27-17)15-6-9-22(10-7-15)18(24)5-8-21/h1-4,15,17H,5-13,21H2. The van der Waals surface area contributed by atoms with Gasteiger partial charge in [0.1, 0.15) is 30.9 Å². The molecule has 0 spiro atoms. The van der Waals surface area contributed by atoms with Gasteiger partial charge in [0.05, 0.1) is 6.54 Å². The van der Waals surface area contributed by atoms with E-state index in [-0.39, 0.29) is 36.4 Å². The molecule has 0 saturated carbocycles. The third-order valence-corrected chi connectivity index (χ3v) is 5.03. The van der Waals surface area contributed by atoms with E-state index in [1.807, 2.05) is 9.80 Å². The molecule has 1 aromatic carbocycles. The first-order valence-electron chi connectivity index (χ1n) is 9.34. The number of likely N-dealkylation sites (tertiary alicyclic amines) is 1. The predicted octanol–water partition coefficient (Wildman–Crippen LogP) is 0.772. The highest BCUT2D eigenvalue weighted by molar-refractivity contribution is 5.79. The van der Waals surface area contributed by atoms with Gasteiger partial charge in [0.15, 0.2) is 0 Å². The first-order chi connectivity index (χ1) is 13.1. The number of piperidine rings is 1. The number of halogens is 1. The van der Waals surface area contributed by atoms with Gasteiger partial charge in [0.25, 0.3) is 0 Å². The van der Waals surface area contributed by atoms with Crippen molar-refractivity contribution in [3.63, 3.8) is 0 Å². The number of hydrogen-bond donors (Lipinski definition) is 1. The number of morpholine rings is 1. The summed E-state index contributed by atoms with van der Waals surface area (Å²) in [6.45, 7) is 2.43. The monoisotopic (exact) mass is 379 g/mol. The number of ether oxygens (including phenoxy) is 2. The number of nitrogens with zero attached hydrogens (tertiary/aromatic N) is 2. The van der Waals surface area contributed by atoms with Crippen molar-refractivity contribution in [3.8, 4) is 5.75 Å². The van der Waals surface area contributed by atoms with E-state index in [1.54, 1.807) is 12.1 Å². The highest BCUT2D eigenvalue weighted by Crippen LogP contribution is 2.21. The summed E-state index contributed by atoms with van der Waals surface area (Å²) < 4.78 is 24.2. The summed E-state index contributed by atoms with van der Waals surface area (Å²) in [5.41, 5.74) is 5.45. The van der Waals surface area contributed by atoms with Crippen LogP contribution in [0.25, 0.3) is 0 Å². The molecule has 148 valence electrons. The van der Waals surface area contributed by atoms with E-state index in [0.29, 0.717) is 45.0 Å². The Labute approximate surface area is 158 Å². The van der Waals surface area contributed by atoms with E-state index in [9.17, 15) is 14.0 Å². The molecule has 0 radical (unpaired) electrons. The van der Waals surface area contributed by atoms with Crippen LogP contribution in [0.4, 0.5) is 4.39 Å². The number of amides is 2.